The molecular formula is C27H36IN7O3. The van der Waals surface area contributed by atoms with Crippen LogP contribution >= 0.6 is 22.9 Å². The number of anilines is 4. The minimum absolute atomic E-state index is 0.0894. The van der Waals surface area contributed by atoms with Crippen molar-refractivity contribution < 1.29 is 14.3 Å². The third kappa shape index (κ3) is 5.40. The SMILES string of the molecule is CC[C@H]1C(=O)N(C)c2cnc(Nc3ccc(C(=O)NC4CCN(I)CC4)cc3OC)nc2N1C1CCCC1. The number of methoxy groups -OCH3 is 1. The van der Waals surface area contributed by atoms with Crippen LogP contribution < -0.4 is 25.2 Å². The molecule has 0 radical (unpaired) electrons. The number of hydrogen-bond donors (Lipinski definition) is 2. The first-order valence-electron chi connectivity index (χ1n) is 13.5. The van der Waals surface area contributed by atoms with Crippen molar-refractivity contribution in [3.8, 4) is 5.75 Å². The zero-order valence-electron chi connectivity index (χ0n) is 22.2. The Hall–Kier alpha value is -2.67. The Morgan fingerprint density at radius 3 is 2.61 bits per heavy atom. The first-order valence-corrected chi connectivity index (χ1v) is 14.5. The molecule has 10 nitrogen and oxygen atoms in total. The van der Waals surface area contributed by atoms with Crippen molar-refractivity contribution in [1.82, 2.24) is 18.4 Å². The van der Waals surface area contributed by atoms with Gasteiger partial charge in [-0.15, -0.1) is 0 Å². The van der Waals surface area contributed by atoms with Gasteiger partial charge in [-0.25, -0.2) is 8.10 Å². The Bertz CT molecular complexity index is 1180. The normalized spacial score (nSPS) is 20.9. The number of aromatic nitrogens is 2. The van der Waals surface area contributed by atoms with E-state index in [1.165, 1.54) is 12.8 Å². The van der Waals surface area contributed by atoms with E-state index in [1.807, 2.05) is 6.07 Å². The molecule has 3 aliphatic rings. The van der Waals surface area contributed by atoms with Gasteiger partial charge in [-0.3, -0.25) is 9.59 Å². The highest BCUT2D eigenvalue weighted by Gasteiger charge is 2.41. The molecule has 38 heavy (non-hydrogen) atoms. The quantitative estimate of drug-likeness (QED) is 0.345. The van der Waals surface area contributed by atoms with E-state index in [1.54, 1.807) is 37.4 Å². The summed E-state index contributed by atoms with van der Waals surface area (Å²) in [5.74, 6) is 1.73. The molecule has 0 unspecified atom stereocenters. The highest BCUT2D eigenvalue weighted by molar-refractivity contribution is 14.1. The molecule has 5 rings (SSSR count). The number of ether oxygens (including phenoxy) is 1. The lowest BCUT2D eigenvalue weighted by Crippen LogP contribution is -2.55. The molecule has 2 N–H and O–H groups in total. The highest BCUT2D eigenvalue weighted by Crippen LogP contribution is 2.40. The molecule has 1 aromatic carbocycles. The third-order valence-corrected chi connectivity index (χ3v) is 8.86. The summed E-state index contributed by atoms with van der Waals surface area (Å²) < 4.78 is 7.87. The second-order valence-corrected chi connectivity index (χ2v) is 11.6. The van der Waals surface area contributed by atoms with E-state index in [2.05, 4.69) is 53.4 Å². The van der Waals surface area contributed by atoms with Gasteiger partial charge in [0.1, 0.15) is 17.5 Å². The van der Waals surface area contributed by atoms with E-state index in [0.717, 1.165) is 56.7 Å². The number of rotatable bonds is 7. The first-order chi connectivity index (χ1) is 18.4. The minimum Gasteiger partial charge on any atom is -0.495 e. The highest BCUT2D eigenvalue weighted by atomic mass is 127. The number of fused-ring (bicyclic) bond motifs is 1. The molecule has 0 spiro atoms. The third-order valence-electron chi connectivity index (χ3n) is 7.90. The van der Waals surface area contributed by atoms with Crippen molar-refractivity contribution in [1.29, 1.82) is 0 Å². The summed E-state index contributed by atoms with van der Waals surface area (Å²) in [5, 5.41) is 6.43. The Labute approximate surface area is 238 Å². The van der Waals surface area contributed by atoms with Crippen LogP contribution in [0.5, 0.6) is 5.75 Å². The molecule has 11 heteroatoms. The van der Waals surface area contributed by atoms with Gasteiger partial charge in [0.2, 0.25) is 11.9 Å². The summed E-state index contributed by atoms with van der Waals surface area (Å²) in [6, 6.07) is 5.61. The van der Waals surface area contributed by atoms with Gasteiger partial charge in [-0.05, 0) is 50.3 Å². The number of amides is 2. The van der Waals surface area contributed by atoms with Gasteiger partial charge < -0.3 is 25.2 Å². The van der Waals surface area contributed by atoms with E-state index >= 15 is 0 Å². The number of carbonyl (C=O) groups is 2. The van der Waals surface area contributed by atoms with Crippen LogP contribution in [0.3, 0.4) is 0 Å². The largest absolute Gasteiger partial charge is 0.495 e. The second kappa shape index (κ2) is 11.6. The summed E-state index contributed by atoms with van der Waals surface area (Å²) >= 11 is 2.33. The van der Waals surface area contributed by atoms with E-state index in [4.69, 9.17) is 9.72 Å². The van der Waals surface area contributed by atoms with E-state index < -0.39 is 0 Å². The van der Waals surface area contributed by atoms with Gasteiger partial charge in [0.25, 0.3) is 5.91 Å². The molecule has 204 valence electrons. The Balaban J connectivity index is 1.38. The van der Waals surface area contributed by atoms with Gasteiger partial charge >= 0.3 is 0 Å². The molecule has 2 fully saturated rings. The van der Waals surface area contributed by atoms with Crippen molar-refractivity contribution in [3.63, 3.8) is 0 Å². The average molecular weight is 634 g/mol. The predicted octanol–water partition coefficient (Wildman–Crippen LogP) is 4.28. The van der Waals surface area contributed by atoms with Crippen molar-refractivity contribution in [3.05, 3.63) is 30.0 Å². The van der Waals surface area contributed by atoms with Gasteiger partial charge in [-0.1, -0.05) is 19.8 Å². The molecule has 2 aromatic rings. The van der Waals surface area contributed by atoms with Crippen LogP contribution in [-0.4, -0.2) is 70.3 Å². The molecule has 2 aliphatic heterocycles. The number of piperidine rings is 1. The van der Waals surface area contributed by atoms with Gasteiger partial charge in [-0.2, -0.15) is 4.98 Å². The first kappa shape index (κ1) is 26.9. The number of benzene rings is 1. The molecule has 0 bridgehead atoms. The maximum Gasteiger partial charge on any atom is 0.251 e. The summed E-state index contributed by atoms with van der Waals surface area (Å²) in [5.41, 5.74) is 1.94. The summed E-state index contributed by atoms with van der Waals surface area (Å²) in [4.78, 5) is 39.4. The summed E-state index contributed by atoms with van der Waals surface area (Å²) in [6.45, 7) is 4.00. The molecular weight excluding hydrogens is 597 g/mol. The average Bonchev–Trinajstić information content (AvgIpc) is 3.46. The fourth-order valence-electron chi connectivity index (χ4n) is 5.76. The number of nitrogens with zero attached hydrogens (tertiary/aromatic N) is 5. The summed E-state index contributed by atoms with van der Waals surface area (Å²) in [6.07, 6.45) is 8.79. The van der Waals surface area contributed by atoms with Crippen LogP contribution in [0.25, 0.3) is 0 Å². The fourth-order valence-corrected chi connectivity index (χ4v) is 6.32. The molecule has 1 atom stereocenters. The van der Waals surface area contributed by atoms with Gasteiger partial charge in [0, 0.05) is 60.6 Å². The topological polar surface area (TPSA) is 103 Å². The van der Waals surface area contributed by atoms with Gasteiger partial charge in [0.15, 0.2) is 5.82 Å². The van der Waals surface area contributed by atoms with Crippen LogP contribution in [0, 0.1) is 0 Å². The van der Waals surface area contributed by atoms with E-state index in [-0.39, 0.29) is 23.9 Å². The molecule has 2 amide bonds. The molecule has 1 saturated carbocycles. The second-order valence-electron chi connectivity index (χ2n) is 10.3. The standard InChI is InChI=1S/C27H36IN7O3/c1-4-21-26(37)33(2)22-16-29-27(32-24(22)35(21)19-7-5-6-8-19)31-20-10-9-17(15-23(20)38-3)25(36)30-18-11-13-34(28)14-12-18/h9-10,15-16,18-19,21H,4-8,11-14H2,1-3H3,(H,30,36)(H,29,31,32)/t21-/m0/s1. The Kier molecular flexibility index (Phi) is 8.22. The van der Waals surface area contributed by atoms with Crippen molar-refractivity contribution >= 4 is 57.8 Å². The predicted molar refractivity (Wildman–Crippen MR) is 157 cm³/mol. The maximum absolute atomic E-state index is 13.1. The molecule has 1 aliphatic carbocycles. The van der Waals surface area contributed by atoms with Crippen molar-refractivity contribution in [2.24, 2.45) is 0 Å². The number of halogens is 1. The number of nitrogens with one attached hydrogen (secondary N) is 2. The van der Waals surface area contributed by atoms with Crippen LogP contribution in [0.15, 0.2) is 24.4 Å². The number of hydrogen-bond acceptors (Lipinski definition) is 8. The lowest BCUT2D eigenvalue weighted by atomic mass is 10.0. The minimum atomic E-state index is -0.227. The van der Waals surface area contributed by atoms with Crippen molar-refractivity contribution in [2.75, 3.05) is 42.4 Å². The number of carbonyl (C=O) groups excluding carboxylic acids is 2. The van der Waals surface area contributed by atoms with Gasteiger partial charge in [0.05, 0.1) is 19.0 Å². The van der Waals surface area contributed by atoms with E-state index in [9.17, 15) is 9.59 Å². The van der Waals surface area contributed by atoms with Crippen LogP contribution in [0.1, 0.15) is 62.2 Å². The lowest BCUT2D eigenvalue weighted by molar-refractivity contribution is -0.120. The van der Waals surface area contributed by atoms with Crippen LogP contribution in [-0.2, 0) is 4.79 Å². The van der Waals surface area contributed by atoms with Crippen LogP contribution in [0.2, 0.25) is 0 Å². The Morgan fingerprint density at radius 2 is 1.92 bits per heavy atom. The summed E-state index contributed by atoms with van der Waals surface area (Å²) in [7, 11) is 3.38. The van der Waals surface area contributed by atoms with Crippen molar-refractivity contribution in [2.45, 2.75) is 70.0 Å². The molecule has 1 saturated heterocycles. The lowest BCUT2D eigenvalue weighted by Gasteiger charge is -2.43. The monoisotopic (exact) mass is 633 g/mol. The fraction of sp³-hybridized carbons (Fsp3) is 0.556. The zero-order chi connectivity index (χ0) is 26.8. The smallest absolute Gasteiger partial charge is 0.251 e. The molecule has 1 aromatic heterocycles. The number of likely N-dealkylation sites (N-methyl/N-ethyl adjacent to an activating group) is 1. The zero-order valence-corrected chi connectivity index (χ0v) is 24.4. The molecule has 3 heterocycles. The Morgan fingerprint density at radius 1 is 1.18 bits per heavy atom. The van der Waals surface area contributed by atoms with E-state index in [0.29, 0.717) is 29.0 Å². The van der Waals surface area contributed by atoms with Crippen LogP contribution in [0.4, 0.5) is 23.1 Å². The maximum atomic E-state index is 13.1.